The monoisotopic (exact) mass is 455 g/mol. The lowest BCUT2D eigenvalue weighted by Gasteiger charge is -2.41. The zero-order valence-electron chi connectivity index (χ0n) is 19.7. The van der Waals surface area contributed by atoms with Crippen molar-refractivity contribution in [3.8, 4) is 0 Å². The first kappa shape index (κ1) is 21.4. The van der Waals surface area contributed by atoms with Crippen molar-refractivity contribution in [2.24, 2.45) is 0 Å². The van der Waals surface area contributed by atoms with Gasteiger partial charge >= 0.3 is 0 Å². The molecule has 0 atom stereocenters. The first-order valence-electron chi connectivity index (χ1n) is 12.7. The van der Waals surface area contributed by atoms with Crippen molar-refractivity contribution in [3.05, 3.63) is 66.0 Å². The smallest absolute Gasteiger partial charge is 0.137 e. The fourth-order valence-electron chi connectivity index (χ4n) is 5.62. The summed E-state index contributed by atoms with van der Waals surface area (Å²) in [4.78, 5) is 21.3. The van der Waals surface area contributed by atoms with E-state index in [4.69, 9.17) is 4.98 Å². The number of rotatable bonds is 5. The Morgan fingerprint density at radius 3 is 2.38 bits per heavy atom. The molecule has 3 aliphatic heterocycles. The van der Waals surface area contributed by atoms with Crippen molar-refractivity contribution in [1.82, 2.24) is 19.9 Å². The van der Waals surface area contributed by atoms with Crippen LogP contribution < -0.4 is 15.1 Å². The third kappa shape index (κ3) is 4.57. The average molecular weight is 456 g/mol. The van der Waals surface area contributed by atoms with E-state index in [1.807, 2.05) is 6.07 Å². The van der Waals surface area contributed by atoms with Crippen molar-refractivity contribution in [1.29, 1.82) is 0 Å². The van der Waals surface area contributed by atoms with Crippen LogP contribution in [0.5, 0.6) is 0 Å². The highest BCUT2D eigenvalue weighted by Crippen LogP contribution is 2.27. The minimum Gasteiger partial charge on any atom is -0.357 e. The van der Waals surface area contributed by atoms with Crippen molar-refractivity contribution < 1.29 is 0 Å². The topological polar surface area (TPSA) is 60.4 Å². The van der Waals surface area contributed by atoms with E-state index in [0.717, 1.165) is 56.0 Å². The molecular formula is C27H33N7. The second kappa shape index (κ2) is 9.58. The molecule has 0 radical (unpaired) electrons. The summed E-state index contributed by atoms with van der Waals surface area (Å²) in [6.07, 6.45) is 7.68. The molecule has 5 heterocycles. The molecule has 7 heteroatoms. The Kier molecular flexibility index (Phi) is 6.02. The quantitative estimate of drug-likeness (QED) is 0.617. The lowest BCUT2D eigenvalue weighted by molar-refractivity contribution is 0.153. The maximum atomic E-state index is 4.81. The van der Waals surface area contributed by atoms with E-state index in [0.29, 0.717) is 6.04 Å². The summed E-state index contributed by atoms with van der Waals surface area (Å²) in [6, 6.07) is 17.8. The van der Waals surface area contributed by atoms with E-state index in [1.165, 1.54) is 49.8 Å². The molecule has 0 spiro atoms. The van der Waals surface area contributed by atoms with Crippen LogP contribution >= 0.6 is 0 Å². The van der Waals surface area contributed by atoms with Crippen LogP contribution in [0.2, 0.25) is 0 Å². The van der Waals surface area contributed by atoms with Crippen LogP contribution in [0.25, 0.3) is 0 Å². The molecule has 2 saturated heterocycles. The van der Waals surface area contributed by atoms with Crippen LogP contribution in [-0.4, -0.2) is 58.6 Å². The number of fused-ring (bicyclic) bond motifs is 1. The molecule has 7 nitrogen and oxygen atoms in total. The number of piperidine rings is 1. The first-order valence-corrected chi connectivity index (χ1v) is 12.7. The molecule has 6 rings (SSSR count). The molecule has 3 aliphatic rings. The minimum atomic E-state index is 0.654. The van der Waals surface area contributed by atoms with Crippen LogP contribution in [0.3, 0.4) is 0 Å². The largest absolute Gasteiger partial charge is 0.357 e. The molecule has 2 fully saturated rings. The standard InChI is InChI=1S/C27H33N7/c1-2-7-22-19-34(15-10-21(22)6-1)23-11-16-33(17-12-23)27-18-25(28-20-29-27)30-24-8-5-9-26(31-24)32-13-3-4-14-32/h1-2,5-9,18,20,23H,3-4,10-17,19H2,(H,28,29,30,31). The maximum Gasteiger partial charge on any atom is 0.137 e. The van der Waals surface area contributed by atoms with Gasteiger partial charge in [-0.05, 0) is 55.4 Å². The van der Waals surface area contributed by atoms with E-state index in [-0.39, 0.29) is 0 Å². The molecule has 2 aromatic heterocycles. The molecule has 34 heavy (non-hydrogen) atoms. The SMILES string of the molecule is c1cc(Nc2cc(N3CCC(N4CCc5ccccc5C4)CC3)ncn2)nc(N2CCCC2)c1. The Hall–Kier alpha value is -3.19. The first-order chi connectivity index (χ1) is 16.8. The van der Waals surface area contributed by atoms with Crippen molar-refractivity contribution >= 4 is 23.3 Å². The summed E-state index contributed by atoms with van der Waals surface area (Å²) in [5.74, 6) is 3.67. The predicted molar refractivity (Wildman–Crippen MR) is 137 cm³/mol. The van der Waals surface area contributed by atoms with Gasteiger partial charge in [0.1, 0.15) is 29.6 Å². The number of nitrogens with zero attached hydrogens (tertiary/aromatic N) is 6. The highest BCUT2D eigenvalue weighted by atomic mass is 15.2. The Balaban J connectivity index is 1.08. The average Bonchev–Trinajstić information content (AvgIpc) is 3.44. The third-order valence-corrected chi connectivity index (χ3v) is 7.54. The van der Waals surface area contributed by atoms with Gasteiger partial charge < -0.3 is 15.1 Å². The van der Waals surface area contributed by atoms with Gasteiger partial charge in [0.05, 0.1) is 0 Å². The van der Waals surface area contributed by atoms with Gasteiger partial charge in [0, 0.05) is 51.4 Å². The van der Waals surface area contributed by atoms with E-state index >= 15 is 0 Å². The number of nitrogens with one attached hydrogen (secondary N) is 1. The summed E-state index contributed by atoms with van der Waals surface area (Å²) in [6.45, 7) is 6.50. The van der Waals surface area contributed by atoms with Gasteiger partial charge in [-0.1, -0.05) is 30.3 Å². The summed E-state index contributed by atoms with van der Waals surface area (Å²) >= 11 is 0. The van der Waals surface area contributed by atoms with Gasteiger partial charge in [-0.15, -0.1) is 0 Å². The van der Waals surface area contributed by atoms with Gasteiger partial charge in [-0.25, -0.2) is 15.0 Å². The Bertz CT molecular complexity index is 1120. The van der Waals surface area contributed by atoms with Crippen LogP contribution in [0, 0.1) is 0 Å². The van der Waals surface area contributed by atoms with Gasteiger partial charge in [-0.2, -0.15) is 0 Å². The van der Waals surface area contributed by atoms with E-state index in [1.54, 1.807) is 6.33 Å². The molecule has 176 valence electrons. The normalized spacial score (nSPS) is 19.3. The summed E-state index contributed by atoms with van der Waals surface area (Å²) in [7, 11) is 0. The molecule has 1 aromatic carbocycles. The van der Waals surface area contributed by atoms with Crippen LogP contribution in [0.4, 0.5) is 23.3 Å². The predicted octanol–water partition coefficient (Wildman–Crippen LogP) is 4.24. The molecular weight excluding hydrogens is 422 g/mol. The van der Waals surface area contributed by atoms with Gasteiger partial charge in [0.15, 0.2) is 0 Å². The second-order valence-corrected chi connectivity index (χ2v) is 9.67. The van der Waals surface area contributed by atoms with Crippen molar-refractivity contribution in [3.63, 3.8) is 0 Å². The highest BCUT2D eigenvalue weighted by Gasteiger charge is 2.27. The van der Waals surface area contributed by atoms with Crippen LogP contribution in [0.1, 0.15) is 36.8 Å². The number of pyridine rings is 1. The zero-order valence-corrected chi connectivity index (χ0v) is 19.7. The zero-order chi connectivity index (χ0) is 22.7. The minimum absolute atomic E-state index is 0.654. The second-order valence-electron chi connectivity index (χ2n) is 9.67. The fraction of sp³-hybridized carbons (Fsp3) is 0.444. The molecule has 0 bridgehead atoms. The van der Waals surface area contributed by atoms with E-state index in [2.05, 4.69) is 72.4 Å². The van der Waals surface area contributed by atoms with Gasteiger partial charge in [0.25, 0.3) is 0 Å². The molecule has 0 saturated carbocycles. The highest BCUT2D eigenvalue weighted by molar-refractivity contribution is 5.58. The molecule has 0 aliphatic carbocycles. The summed E-state index contributed by atoms with van der Waals surface area (Å²) < 4.78 is 0. The van der Waals surface area contributed by atoms with Crippen molar-refractivity contribution in [2.75, 3.05) is 47.8 Å². The lowest BCUT2D eigenvalue weighted by atomic mass is 9.95. The molecule has 1 N–H and O–H groups in total. The van der Waals surface area contributed by atoms with E-state index in [9.17, 15) is 0 Å². The Morgan fingerprint density at radius 2 is 1.53 bits per heavy atom. The number of hydrogen-bond donors (Lipinski definition) is 1. The maximum absolute atomic E-state index is 4.81. The van der Waals surface area contributed by atoms with Crippen molar-refractivity contribution in [2.45, 2.75) is 44.7 Å². The van der Waals surface area contributed by atoms with Gasteiger partial charge in [-0.3, -0.25) is 4.90 Å². The molecule has 3 aromatic rings. The number of anilines is 4. The molecule has 0 amide bonds. The number of benzene rings is 1. The fourth-order valence-corrected chi connectivity index (χ4v) is 5.62. The summed E-state index contributed by atoms with van der Waals surface area (Å²) in [5, 5.41) is 3.39. The van der Waals surface area contributed by atoms with E-state index < -0.39 is 0 Å². The lowest BCUT2D eigenvalue weighted by Crippen LogP contribution is -2.46. The molecule has 0 unspecified atom stereocenters. The number of hydrogen-bond acceptors (Lipinski definition) is 7. The van der Waals surface area contributed by atoms with Gasteiger partial charge in [0.2, 0.25) is 0 Å². The third-order valence-electron chi connectivity index (χ3n) is 7.54. The summed E-state index contributed by atoms with van der Waals surface area (Å²) in [5.41, 5.74) is 3.03. The number of aromatic nitrogens is 3. The van der Waals surface area contributed by atoms with Crippen LogP contribution in [0.15, 0.2) is 54.9 Å². The Labute approximate surface area is 201 Å². The van der Waals surface area contributed by atoms with Crippen LogP contribution in [-0.2, 0) is 13.0 Å². The Morgan fingerprint density at radius 1 is 0.735 bits per heavy atom.